The molecule has 0 radical (unpaired) electrons. The Labute approximate surface area is 163 Å². The average Bonchev–Trinajstić information content (AvgIpc) is 3.03. The third-order valence-electron chi connectivity index (χ3n) is 7.78. The van der Waals surface area contributed by atoms with Crippen molar-refractivity contribution in [1.29, 1.82) is 0 Å². The van der Waals surface area contributed by atoms with Crippen molar-refractivity contribution >= 4 is 23.2 Å². The fourth-order valence-electron chi connectivity index (χ4n) is 6.18. The summed E-state index contributed by atoms with van der Waals surface area (Å²) in [6, 6.07) is 5.22. The molecule has 1 aromatic rings. The average molecular weight is 376 g/mol. The Morgan fingerprint density at radius 3 is 2.50 bits per heavy atom. The lowest BCUT2D eigenvalue weighted by Gasteiger charge is -2.44. The molecule has 0 N–H and O–H groups in total. The van der Waals surface area contributed by atoms with Gasteiger partial charge in [0.25, 0.3) is 5.91 Å². The fourth-order valence-corrected chi connectivity index (χ4v) is 6.18. The molecule has 6 heteroatoms. The summed E-state index contributed by atoms with van der Waals surface area (Å²) >= 11 is 0. The molecule has 1 aromatic carbocycles. The number of hydrogen-bond acceptors (Lipinski definition) is 4. The van der Waals surface area contributed by atoms with E-state index in [1.54, 1.807) is 46.0 Å². The second-order valence-electron chi connectivity index (χ2n) is 8.94. The van der Waals surface area contributed by atoms with E-state index in [4.69, 9.17) is 11.3 Å². The molecule has 5 rings (SSSR count). The highest BCUT2D eigenvalue weighted by Gasteiger charge is 2.85. The first-order valence-electron chi connectivity index (χ1n) is 9.28. The highest BCUT2D eigenvalue weighted by atomic mass is 16.5. The second kappa shape index (κ2) is 4.44. The largest absolute Gasteiger partial charge is 0.348 e. The number of carbonyl (C=O) groups excluding carboxylic acids is 3. The Morgan fingerprint density at radius 1 is 1.21 bits per heavy atom. The first kappa shape index (κ1) is 17.3. The number of nitrogens with zero attached hydrogens (tertiary/aromatic N) is 2. The van der Waals surface area contributed by atoms with Gasteiger partial charge in [-0.05, 0) is 19.1 Å². The predicted molar refractivity (Wildman–Crippen MR) is 100 cm³/mol. The number of ether oxygens (including phenoxy) is 1. The van der Waals surface area contributed by atoms with E-state index in [2.05, 4.69) is 11.4 Å². The summed E-state index contributed by atoms with van der Waals surface area (Å²) in [5, 5.41) is 0. The molecule has 142 valence electrons. The van der Waals surface area contributed by atoms with Crippen LogP contribution < -0.4 is 4.90 Å². The van der Waals surface area contributed by atoms with Crippen LogP contribution in [0.25, 0.3) is 4.85 Å². The highest BCUT2D eigenvalue weighted by molar-refractivity contribution is 6.17. The summed E-state index contributed by atoms with van der Waals surface area (Å²) in [4.78, 5) is 46.5. The minimum absolute atomic E-state index is 0.295. The fraction of sp³-hybridized carbons (Fsp3) is 0.455. The van der Waals surface area contributed by atoms with Gasteiger partial charge >= 0.3 is 5.54 Å². The Balaban J connectivity index is 2.08. The van der Waals surface area contributed by atoms with Gasteiger partial charge in [0.2, 0.25) is 5.78 Å². The molecular formula is C22H20N2O4. The maximum atomic E-state index is 14.0. The number of fused-ring (bicyclic) bond motifs is 2. The van der Waals surface area contributed by atoms with Gasteiger partial charge in [0.15, 0.2) is 11.4 Å². The summed E-state index contributed by atoms with van der Waals surface area (Å²) in [6.45, 7) is 17.1. The Morgan fingerprint density at radius 2 is 1.89 bits per heavy atom. The third kappa shape index (κ3) is 1.24. The lowest BCUT2D eigenvalue weighted by Crippen LogP contribution is -2.64. The van der Waals surface area contributed by atoms with Crippen LogP contribution in [0.15, 0.2) is 30.9 Å². The van der Waals surface area contributed by atoms with Gasteiger partial charge in [-0.25, -0.2) is 6.57 Å². The maximum absolute atomic E-state index is 14.0. The van der Waals surface area contributed by atoms with E-state index in [1.807, 2.05) is 0 Å². The van der Waals surface area contributed by atoms with Crippen molar-refractivity contribution in [1.82, 2.24) is 0 Å². The van der Waals surface area contributed by atoms with Gasteiger partial charge in [-0.1, -0.05) is 26.0 Å². The number of amides is 1. The third-order valence-corrected chi connectivity index (χ3v) is 7.78. The lowest BCUT2D eigenvalue weighted by atomic mass is 9.53. The Bertz CT molecular complexity index is 1080. The van der Waals surface area contributed by atoms with Gasteiger partial charge in [0.05, 0.1) is 17.2 Å². The lowest BCUT2D eigenvalue weighted by molar-refractivity contribution is -0.166. The van der Waals surface area contributed by atoms with Gasteiger partial charge in [0, 0.05) is 18.0 Å². The zero-order valence-corrected chi connectivity index (χ0v) is 16.2. The summed E-state index contributed by atoms with van der Waals surface area (Å²) in [6.07, 6.45) is 0.334. The van der Waals surface area contributed by atoms with E-state index >= 15 is 0 Å². The zero-order valence-electron chi connectivity index (χ0n) is 16.2. The topological polar surface area (TPSA) is 68.0 Å². The summed E-state index contributed by atoms with van der Waals surface area (Å²) in [5.74, 6) is -1.88. The van der Waals surface area contributed by atoms with Gasteiger partial charge in [0.1, 0.15) is 11.5 Å². The SMILES string of the molecule is [C-]#[N+][C@@]12C(=O)[C@@H]3[C@H](O[C@@]4(C(=O)N(C)c5cccc1c54)C3(C)C)C(=O)[C@@]2(C)C=C. The van der Waals surface area contributed by atoms with Crippen LogP contribution in [0, 0.1) is 23.3 Å². The minimum atomic E-state index is -1.76. The molecule has 2 fully saturated rings. The quantitative estimate of drug-likeness (QED) is 0.557. The van der Waals surface area contributed by atoms with Crippen LogP contribution in [0.3, 0.4) is 0 Å². The zero-order chi connectivity index (χ0) is 20.4. The van der Waals surface area contributed by atoms with E-state index in [-0.39, 0.29) is 17.5 Å². The first-order valence-corrected chi connectivity index (χ1v) is 9.28. The molecular weight excluding hydrogens is 356 g/mol. The van der Waals surface area contributed by atoms with E-state index < -0.39 is 34.0 Å². The number of carbonyl (C=O) groups is 3. The Kier molecular flexibility index (Phi) is 2.75. The molecule has 1 saturated carbocycles. The first-order chi connectivity index (χ1) is 13.1. The maximum Gasteiger partial charge on any atom is 0.330 e. The summed E-state index contributed by atoms with van der Waals surface area (Å²) in [7, 11) is 1.66. The molecule has 2 heterocycles. The standard InChI is InChI=1S/C22H20N2O4/c1-7-20(4)17(26)15-14-16(25)21(20,23-5)11-9-8-10-12-13(11)22(28-15,19(14,2)3)18(27)24(12)6/h7-10,14-15H,1H2,2-4,6H3/t14-,15-,20+,21+,22-/m0/s1. The van der Waals surface area contributed by atoms with Crippen molar-refractivity contribution < 1.29 is 19.1 Å². The monoisotopic (exact) mass is 376 g/mol. The van der Waals surface area contributed by atoms with Gasteiger partial charge in [-0.15, -0.1) is 6.58 Å². The predicted octanol–water partition coefficient (Wildman–Crippen LogP) is 2.37. The van der Waals surface area contributed by atoms with Gasteiger partial charge in [-0.2, -0.15) is 0 Å². The number of likely N-dealkylation sites (N-methyl/N-ethyl adjacent to an activating group) is 1. The van der Waals surface area contributed by atoms with Crippen LogP contribution in [0.5, 0.6) is 0 Å². The summed E-state index contributed by atoms with van der Waals surface area (Å²) in [5.41, 5.74) is -4.06. The Hall–Kier alpha value is -2.78. The van der Waals surface area contributed by atoms with Crippen molar-refractivity contribution in [3.05, 3.63) is 53.4 Å². The normalized spacial score (nSPS) is 41.7. The molecule has 0 aromatic heterocycles. The van der Waals surface area contributed by atoms with Crippen LogP contribution in [0.1, 0.15) is 31.9 Å². The molecule has 3 bridgehead atoms. The number of Topliss-reactive ketones (excluding diaryl/α,β-unsaturated/α-hetero) is 2. The van der Waals surface area contributed by atoms with Crippen LogP contribution in [0.2, 0.25) is 0 Å². The molecule has 0 unspecified atom stereocenters. The molecule has 6 nitrogen and oxygen atoms in total. The van der Waals surface area contributed by atoms with Crippen LogP contribution >= 0.6 is 0 Å². The van der Waals surface area contributed by atoms with Crippen molar-refractivity contribution in [2.24, 2.45) is 16.7 Å². The molecule has 4 aliphatic rings. The van der Waals surface area contributed by atoms with Crippen LogP contribution in [-0.4, -0.2) is 30.6 Å². The smallest absolute Gasteiger partial charge is 0.330 e. The number of hydrogen-bond donors (Lipinski definition) is 0. The number of ketones is 2. The van der Waals surface area contributed by atoms with Crippen LogP contribution in [0.4, 0.5) is 5.69 Å². The highest BCUT2D eigenvalue weighted by Crippen LogP contribution is 2.71. The molecule has 5 atom stereocenters. The molecule has 2 aliphatic heterocycles. The number of anilines is 1. The van der Waals surface area contributed by atoms with Gasteiger partial charge in [-0.3, -0.25) is 19.2 Å². The van der Waals surface area contributed by atoms with E-state index in [0.717, 1.165) is 0 Å². The molecule has 1 spiro atoms. The van der Waals surface area contributed by atoms with E-state index in [0.29, 0.717) is 16.8 Å². The molecule has 2 aliphatic carbocycles. The molecule has 28 heavy (non-hydrogen) atoms. The summed E-state index contributed by atoms with van der Waals surface area (Å²) < 4.78 is 6.32. The number of rotatable bonds is 1. The minimum Gasteiger partial charge on any atom is -0.348 e. The molecule has 1 amide bonds. The van der Waals surface area contributed by atoms with Crippen molar-refractivity contribution in [3.63, 3.8) is 0 Å². The molecule has 1 saturated heterocycles. The van der Waals surface area contributed by atoms with Crippen molar-refractivity contribution in [2.75, 3.05) is 11.9 Å². The van der Waals surface area contributed by atoms with Crippen LogP contribution in [-0.2, 0) is 30.3 Å². The van der Waals surface area contributed by atoms with Gasteiger partial charge < -0.3 is 9.64 Å². The van der Waals surface area contributed by atoms with E-state index in [9.17, 15) is 14.4 Å². The second-order valence-corrected chi connectivity index (χ2v) is 8.94. The van der Waals surface area contributed by atoms with Crippen molar-refractivity contribution in [2.45, 2.75) is 38.0 Å². The number of benzene rings is 1. The van der Waals surface area contributed by atoms with E-state index in [1.165, 1.54) is 11.0 Å². The van der Waals surface area contributed by atoms with Crippen molar-refractivity contribution in [3.8, 4) is 0 Å².